The summed E-state index contributed by atoms with van der Waals surface area (Å²) in [5, 5.41) is 18.9. The minimum atomic E-state index is -0.908. The second-order valence-electron chi connectivity index (χ2n) is 6.62. The van der Waals surface area contributed by atoms with Crippen molar-refractivity contribution in [1.82, 2.24) is 4.98 Å². The molecule has 1 heterocycles. The normalized spacial score (nSPS) is 11.0. The van der Waals surface area contributed by atoms with Gasteiger partial charge in [-0.3, -0.25) is 14.6 Å². The summed E-state index contributed by atoms with van der Waals surface area (Å²) >= 11 is 0. The minimum absolute atomic E-state index is 0.0452. The van der Waals surface area contributed by atoms with Gasteiger partial charge in [0, 0.05) is 30.4 Å². The zero-order valence-corrected chi connectivity index (χ0v) is 15.9. The summed E-state index contributed by atoms with van der Waals surface area (Å²) in [5.41, 5.74) is 3.81. The van der Waals surface area contributed by atoms with E-state index in [-0.39, 0.29) is 25.9 Å². The monoisotopic (exact) mass is 390 g/mol. The molecule has 0 fully saturated rings. The molecule has 0 aliphatic rings. The average molecular weight is 390 g/mol. The Morgan fingerprint density at radius 1 is 0.862 bits per heavy atom. The van der Waals surface area contributed by atoms with Crippen molar-refractivity contribution in [3.8, 4) is 0 Å². The summed E-state index contributed by atoms with van der Waals surface area (Å²) in [7, 11) is 0. The van der Waals surface area contributed by atoms with Gasteiger partial charge >= 0.3 is 11.9 Å². The number of aliphatic carboxylic acids is 2. The van der Waals surface area contributed by atoms with E-state index in [1.807, 2.05) is 66.7 Å². The van der Waals surface area contributed by atoms with Crippen molar-refractivity contribution in [1.29, 1.82) is 0 Å². The van der Waals surface area contributed by atoms with Gasteiger partial charge in [0.1, 0.15) is 0 Å². The van der Waals surface area contributed by atoms with Crippen LogP contribution in [-0.4, -0.2) is 40.2 Å². The number of para-hydroxylation sites is 1. The Labute approximate surface area is 168 Å². The zero-order valence-electron chi connectivity index (χ0n) is 15.9. The first-order valence-corrected chi connectivity index (χ1v) is 9.33. The number of aromatic nitrogens is 1. The number of hydrogen-bond donors (Lipinski definition) is 2. The largest absolute Gasteiger partial charge is 0.481 e. The van der Waals surface area contributed by atoms with E-state index in [0.29, 0.717) is 0 Å². The Bertz CT molecular complexity index is 1010. The van der Waals surface area contributed by atoms with Gasteiger partial charge in [0.25, 0.3) is 0 Å². The fraction of sp³-hybridized carbons (Fsp3) is 0.174. The fourth-order valence-corrected chi connectivity index (χ4v) is 3.08. The Kier molecular flexibility index (Phi) is 6.58. The second kappa shape index (κ2) is 9.50. The van der Waals surface area contributed by atoms with Crippen molar-refractivity contribution in [3.63, 3.8) is 0 Å². The summed E-state index contributed by atoms with van der Waals surface area (Å²) < 4.78 is 0. The lowest BCUT2D eigenvalue weighted by atomic mass is 10.1. The molecule has 0 aliphatic carbocycles. The van der Waals surface area contributed by atoms with Crippen LogP contribution in [0.25, 0.3) is 23.1 Å². The first-order chi connectivity index (χ1) is 14.0. The van der Waals surface area contributed by atoms with Gasteiger partial charge in [0.2, 0.25) is 0 Å². The Balaban J connectivity index is 1.75. The van der Waals surface area contributed by atoms with Gasteiger partial charge in [0.15, 0.2) is 0 Å². The molecule has 3 rings (SSSR count). The summed E-state index contributed by atoms with van der Waals surface area (Å²) in [5.74, 6) is -1.82. The van der Waals surface area contributed by atoms with Crippen LogP contribution in [0.5, 0.6) is 0 Å². The Morgan fingerprint density at radius 3 is 2.17 bits per heavy atom. The van der Waals surface area contributed by atoms with E-state index in [4.69, 9.17) is 10.2 Å². The molecule has 2 aromatic carbocycles. The number of hydrogen-bond acceptors (Lipinski definition) is 4. The molecule has 0 saturated carbocycles. The first-order valence-electron chi connectivity index (χ1n) is 9.33. The van der Waals surface area contributed by atoms with Crippen LogP contribution in [0.15, 0.2) is 60.8 Å². The minimum Gasteiger partial charge on any atom is -0.481 e. The van der Waals surface area contributed by atoms with Crippen molar-refractivity contribution in [3.05, 3.63) is 71.9 Å². The lowest BCUT2D eigenvalue weighted by Gasteiger charge is -2.23. The van der Waals surface area contributed by atoms with Crippen molar-refractivity contribution in [2.45, 2.75) is 12.8 Å². The van der Waals surface area contributed by atoms with Crippen LogP contribution < -0.4 is 4.90 Å². The molecule has 3 aromatic rings. The summed E-state index contributed by atoms with van der Waals surface area (Å²) in [6, 6.07) is 17.6. The number of fused-ring (bicyclic) bond motifs is 1. The van der Waals surface area contributed by atoms with E-state index in [0.717, 1.165) is 27.7 Å². The van der Waals surface area contributed by atoms with E-state index in [1.54, 1.807) is 11.1 Å². The maximum absolute atomic E-state index is 10.9. The van der Waals surface area contributed by atoms with Crippen LogP contribution in [0, 0.1) is 0 Å². The standard InChI is InChI=1S/C23H22N2O4/c26-22(27)12-15-25(16-13-23(28)29)19-9-6-17(7-10-19)5-8-18-11-14-24-21-4-2-1-3-20(18)21/h1-11,14H,12-13,15-16H2,(H,26,27)(H,28,29)/b8-5+. The van der Waals surface area contributed by atoms with E-state index >= 15 is 0 Å². The third-order valence-corrected chi connectivity index (χ3v) is 4.59. The van der Waals surface area contributed by atoms with Crippen LogP contribution in [0.2, 0.25) is 0 Å². The van der Waals surface area contributed by atoms with E-state index < -0.39 is 11.9 Å². The van der Waals surface area contributed by atoms with Gasteiger partial charge in [0.05, 0.1) is 18.4 Å². The maximum Gasteiger partial charge on any atom is 0.305 e. The number of anilines is 1. The number of nitrogens with zero attached hydrogens (tertiary/aromatic N) is 2. The quantitative estimate of drug-likeness (QED) is 0.570. The molecular weight excluding hydrogens is 368 g/mol. The highest BCUT2D eigenvalue weighted by Crippen LogP contribution is 2.21. The molecule has 2 N–H and O–H groups in total. The van der Waals surface area contributed by atoms with Crippen molar-refractivity contribution >= 4 is 40.7 Å². The summed E-state index contributed by atoms with van der Waals surface area (Å²) in [6.07, 6.45) is 5.73. The highest BCUT2D eigenvalue weighted by molar-refractivity contribution is 5.90. The van der Waals surface area contributed by atoms with E-state index in [1.165, 1.54) is 0 Å². The number of benzene rings is 2. The highest BCUT2D eigenvalue weighted by Gasteiger charge is 2.10. The number of carbonyl (C=O) groups is 2. The topological polar surface area (TPSA) is 90.7 Å². The van der Waals surface area contributed by atoms with Crippen LogP contribution in [0.3, 0.4) is 0 Å². The highest BCUT2D eigenvalue weighted by atomic mass is 16.4. The van der Waals surface area contributed by atoms with Gasteiger partial charge in [-0.05, 0) is 35.4 Å². The smallest absolute Gasteiger partial charge is 0.305 e. The molecule has 0 radical (unpaired) electrons. The number of rotatable bonds is 9. The van der Waals surface area contributed by atoms with Crippen LogP contribution in [0.1, 0.15) is 24.0 Å². The molecule has 0 spiro atoms. The summed E-state index contributed by atoms with van der Waals surface area (Å²) in [4.78, 5) is 27.9. The molecule has 6 nitrogen and oxygen atoms in total. The number of pyridine rings is 1. The predicted octanol–water partition coefficient (Wildman–Crippen LogP) is 4.16. The lowest BCUT2D eigenvalue weighted by Crippen LogP contribution is -2.28. The molecule has 0 saturated heterocycles. The molecule has 0 atom stereocenters. The van der Waals surface area contributed by atoms with Gasteiger partial charge in [-0.15, -0.1) is 0 Å². The molecule has 1 aromatic heterocycles. The Morgan fingerprint density at radius 2 is 1.52 bits per heavy atom. The van der Waals surface area contributed by atoms with Gasteiger partial charge in [-0.1, -0.05) is 42.5 Å². The molecule has 0 unspecified atom stereocenters. The zero-order chi connectivity index (χ0) is 20.6. The Hall–Kier alpha value is -3.67. The van der Waals surface area contributed by atoms with Crippen molar-refractivity contribution in [2.75, 3.05) is 18.0 Å². The molecule has 0 amide bonds. The molecule has 29 heavy (non-hydrogen) atoms. The molecule has 6 heteroatoms. The molecule has 0 aliphatic heterocycles. The van der Waals surface area contributed by atoms with Crippen molar-refractivity contribution < 1.29 is 19.8 Å². The average Bonchev–Trinajstić information content (AvgIpc) is 2.72. The molecular formula is C23H22N2O4. The molecule has 148 valence electrons. The van der Waals surface area contributed by atoms with E-state index in [9.17, 15) is 9.59 Å². The predicted molar refractivity (Wildman–Crippen MR) is 114 cm³/mol. The van der Waals surface area contributed by atoms with E-state index in [2.05, 4.69) is 4.98 Å². The van der Waals surface area contributed by atoms with Crippen LogP contribution in [0.4, 0.5) is 5.69 Å². The fourth-order valence-electron chi connectivity index (χ4n) is 3.08. The number of carboxylic acids is 2. The maximum atomic E-state index is 10.9. The third-order valence-electron chi connectivity index (χ3n) is 4.59. The van der Waals surface area contributed by atoms with Gasteiger partial charge in [-0.2, -0.15) is 0 Å². The van der Waals surface area contributed by atoms with Gasteiger partial charge in [-0.25, -0.2) is 0 Å². The SMILES string of the molecule is O=C(O)CCN(CCC(=O)O)c1ccc(/C=C/c2ccnc3ccccc23)cc1. The van der Waals surface area contributed by atoms with Crippen molar-refractivity contribution in [2.24, 2.45) is 0 Å². The van der Waals surface area contributed by atoms with Gasteiger partial charge < -0.3 is 15.1 Å². The first kappa shape index (κ1) is 20.1. The number of carboxylic acid groups (broad SMARTS) is 2. The second-order valence-corrected chi connectivity index (χ2v) is 6.62. The van der Waals surface area contributed by atoms with Crippen LogP contribution in [-0.2, 0) is 9.59 Å². The summed E-state index contributed by atoms with van der Waals surface area (Å²) in [6.45, 7) is 0.529. The third kappa shape index (κ3) is 5.65. The van der Waals surface area contributed by atoms with Crippen LogP contribution >= 0.6 is 0 Å². The molecule has 0 bridgehead atoms. The lowest BCUT2D eigenvalue weighted by molar-refractivity contribution is -0.137.